The van der Waals surface area contributed by atoms with Crippen molar-refractivity contribution in [2.45, 2.75) is 113 Å². The normalized spacial score (nSPS) is 10.8. The SMILES string of the molecule is CC.CC(C)c1cc(OCCCNC(=O)OC(C)(C)C)cc(-c2ccccc2)c1.CCCCNC(=O)OC(C)(C)C. The zero-order chi connectivity index (χ0) is 31.5. The van der Waals surface area contributed by atoms with Gasteiger partial charge in [0.05, 0.1) is 6.61 Å². The van der Waals surface area contributed by atoms with E-state index in [4.69, 9.17) is 14.2 Å². The van der Waals surface area contributed by atoms with Gasteiger partial charge in [0.25, 0.3) is 0 Å². The second-order valence-electron chi connectivity index (χ2n) is 11.7. The van der Waals surface area contributed by atoms with Crippen LogP contribution in [0.3, 0.4) is 0 Å². The Kier molecular flexibility index (Phi) is 18.2. The van der Waals surface area contributed by atoms with E-state index in [1.807, 2.05) is 73.6 Å². The van der Waals surface area contributed by atoms with Crippen LogP contribution in [0, 0.1) is 0 Å². The maximum atomic E-state index is 11.6. The summed E-state index contributed by atoms with van der Waals surface area (Å²) in [5, 5.41) is 5.43. The average Bonchev–Trinajstić information content (AvgIpc) is 2.88. The minimum Gasteiger partial charge on any atom is -0.493 e. The fraction of sp³-hybridized carbons (Fsp3) is 0.588. The summed E-state index contributed by atoms with van der Waals surface area (Å²) in [5.74, 6) is 1.28. The van der Waals surface area contributed by atoms with Crippen LogP contribution in [-0.2, 0) is 9.47 Å². The van der Waals surface area contributed by atoms with E-state index in [2.05, 4.69) is 61.7 Å². The van der Waals surface area contributed by atoms with Crippen molar-refractivity contribution in [3.63, 3.8) is 0 Å². The number of unbranched alkanes of at least 4 members (excludes halogenated alkanes) is 1. The molecule has 0 aliphatic rings. The maximum absolute atomic E-state index is 11.6. The molecule has 2 N–H and O–H groups in total. The van der Waals surface area contributed by atoms with Crippen LogP contribution < -0.4 is 15.4 Å². The van der Waals surface area contributed by atoms with Crippen molar-refractivity contribution < 1.29 is 23.8 Å². The smallest absolute Gasteiger partial charge is 0.407 e. The minimum atomic E-state index is -0.480. The Morgan fingerprint density at radius 3 is 1.73 bits per heavy atom. The summed E-state index contributed by atoms with van der Waals surface area (Å²) < 4.78 is 16.2. The highest BCUT2D eigenvalue weighted by molar-refractivity contribution is 5.68. The lowest BCUT2D eigenvalue weighted by molar-refractivity contribution is 0.0514. The number of benzene rings is 2. The van der Waals surface area contributed by atoms with Crippen LogP contribution >= 0.6 is 0 Å². The number of ether oxygens (including phenoxy) is 3. The summed E-state index contributed by atoms with van der Waals surface area (Å²) in [6.45, 7) is 23.3. The van der Waals surface area contributed by atoms with Crippen LogP contribution in [0.5, 0.6) is 5.75 Å². The number of nitrogens with one attached hydrogen (secondary N) is 2. The number of hydrogen-bond donors (Lipinski definition) is 2. The van der Waals surface area contributed by atoms with Gasteiger partial charge in [-0.25, -0.2) is 9.59 Å². The molecule has 0 aromatic heterocycles. The Balaban J connectivity index is 0.000000962. The molecule has 0 fully saturated rings. The second kappa shape index (κ2) is 19.8. The predicted octanol–water partition coefficient (Wildman–Crippen LogP) is 9.11. The van der Waals surface area contributed by atoms with Crippen molar-refractivity contribution in [2.24, 2.45) is 0 Å². The molecule has 2 aromatic carbocycles. The van der Waals surface area contributed by atoms with Crippen LogP contribution in [0.4, 0.5) is 9.59 Å². The summed E-state index contributed by atoms with van der Waals surface area (Å²) in [6.07, 6.45) is 2.08. The Hall–Kier alpha value is -3.22. The third-order valence-electron chi connectivity index (χ3n) is 5.16. The van der Waals surface area contributed by atoms with E-state index in [0.29, 0.717) is 32.0 Å². The largest absolute Gasteiger partial charge is 0.493 e. The Morgan fingerprint density at radius 2 is 1.27 bits per heavy atom. The van der Waals surface area contributed by atoms with E-state index in [1.54, 1.807) is 0 Å². The molecule has 7 nitrogen and oxygen atoms in total. The molecule has 0 saturated heterocycles. The van der Waals surface area contributed by atoms with Gasteiger partial charge < -0.3 is 24.8 Å². The summed E-state index contributed by atoms with van der Waals surface area (Å²) >= 11 is 0. The van der Waals surface area contributed by atoms with Gasteiger partial charge in [-0.15, -0.1) is 0 Å². The second-order valence-corrected chi connectivity index (χ2v) is 11.7. The van der Waals surface area contributed by atoms with Crippen LogP contribution in [0.25, 0.3) is 11.1 Å². The first-order valence-corrected chi connectivity index (χ1v) is 15.0. The summed E-state index contributed by atoms with van der Waals surface area (Å²) in [7, 11) is 0. The molecule has 0 radical (unpaired) electrons. The van der Waals surface area contributed by atoms with Gasteiger partial charge in [-0.3, -0.25) is 0 Å². The molecule has 0 atom stereocenters. The van der Waals surface area contributed by atoms with E-state index in [9.17, 15) is 9.59 Å². The first-order valence-electron chi connectivity index (χ1n) is 15.0. The fourth-order valence-corrected chi connectivity index (χ4v) is 3.28. The molecule has 0 unspecified atom stereocenters. The number of rotatable bonds is 10. The van der Waals surface area contributed by atoms with Crippen LogP contribution in [0.2, 0.25) is 0 Å². The molecule has 232 valence electrons. The third kappa shape index (κ3) is 19.5. The van der Waals surface area contributed by atoms with Gasteiger partial charge in [-0.05, 0) is 89.1 Å². The Morgan fingerprint density at radius 1 is 0.756 bits per heavy atom. The quantitative estimate of drug-likeness (QED) is 0.277. The lowest BCUT2D eigenvalue weighted by Gasteiger charge is -2.19. The molecular weight excluding hydrogens is 516 g/mol. The molecule has 0 spiro atoms. The monoisotopic (exact) mass is 572 g/mol. The van der Waals surface area contributed by atoms with Gasteiger partial charge in [-0.2, -0.15) is 0 Å². The molecule has 0 saturated carbocycles. The Labute approximate surface area is 249 Å². The fourth-order valence-electron chi connectivity index (χ4n) is 3.28. The van der Waals surface area contributed by atoms with Gasteiger partial charge in [0.15, 0.2) is 0 Å². The van der Waals surface area contributed by atoms with Crippen molar-refractivity contribution in [3.8, 4) is 16.9 Å². The van der Waals surface area contributed by atoms with Crippen molar-refractivity contribution >= 4 is 12.2 Å². The standard InChI is InChI=1S/C23H31NO3.C9H19NO2.C2H6/c1-17(2)19-14-20(18-10-7-6-8-11-18)16-21(15-19)26-13-9-12-24-22(25)27-23(3,4)5;1-5-6-7-10-8(11)12-9(2,3)4;1-2/h6-8,10-11,14-17H,9,12-13H2,1-5H3,(H,24,25);5-7H2,1-4H3,(H,10,11);1-2H3. The highest BCUT2D eigenvalue weighted by atomic mass is 16.6. The first-order chi connectivity index (χ1) is 19.2. The molecule has 0 aliphatic carbocycles. The number of amides is 2. The highest BCUT2D eigenvalue weighted by Gasteiger charge is 2.16. The van der Waals surface area contributed by atoms with Crippen molar-refractivity contribution in [1.82, 2.24) is 10.6 Å². The molecule has 0 aliphatic heterocycles. The summed E-state index contributed by atoms with van der Waals surface area (Å²) in [4.78, 5) is 22.6. The lowest BCUT2D eigenvalue weighted by Crippen LogP contribution is -2.33. The number of carbonyl (C=O) groups excluding carboxylic acids is 2. The minimum absolute atomic E-state index is 0.323. The van der Waals surface area contributed by atoms with E-state index in [-0.39, 0.29) is 6.09 Å². The van der Waals surface area contributed by atoms with Gasteiger partial charge in [-0.1, -0.05) is 77.4 Å². The van der Waals surface area contributed by atoms with E-state index in [0.717, 1.165) is 24.2 Å². The molecule has 2 aromatic rings. The van der Waals surface area contributed by atoms with Gasteiger partial charge in [0.1, 0.15) is 17.0 Å². The zero-order valence-electron chi connectivity index (χ0n) is 27.5. The van der Waals surface area contributed by atoms with E-state index in [1.165, 1.54) is 11.1 Å². The van der Waals surface area contributed by atoms with Crippen LogP contribution in [-0.4, -0.2) is 43.1 Å². The highest BCUT2D eigenvalue weighted by Crippen LogP contribution is 2.29. The van der Waals surface area contributed by atoms with E-state index >= 15 is 0 Å². The maximum Gasteiger partial charge on any atom is 0.407 e. The van der Waals surface area contributed by atoms with Gasteiger partial charge in [0, 0.05) is 13.1 Å². The predicted molar refractivity (Wildman–Crippen MR) is 171 cm³/mol. The summed E-state index contributed by atoms with van der Waals surface area (Å²) in [5.41, 5.74) is 2.71. The average molecular weight is 573 g/mol. The molecule has 41 heavy (non-hydrogen) atoms. The van der Waals surface area contributed by atoms with Gasteiger partial charge >= 0.3 is 12.2 Å². The number of carbonyl (C=O) groups is 2. The Bertz CT molecular complexity index is 992. The van der Waals surface area contributed by atoms with Crippen molar-refractivity contribution in [2.75, 3.05) is 19.7 Å². The van der Waals surface area contributed by atoms with Crippen LogP contribution in [0.15, 0.2) is 48.5 Å². The molecule has 2 amide bonds. The van der Waals surface area contributed by atoms with Crippen molar-refractivity contribution in [3.05, 3.63) is 54.1 Å². The van der Waals surface area contributed by atoms with Crippen molar-refractivity contribution in [1.29, 1.82) is 0 Å². The third-order valence-corrected chi connectivity index (χ3v) is 5.16. The van der Waals surface area contributed by atoms with Gasteiger partial charge in [0.2, 0.25) is 0 Å². The number of hydrogen-bond acceptors (Lipinski definition) is 5. The summed E-state index contributed by atoms with van der Waals surface area (Å²) in [6, 6.07) is 16.7. The van der Waals surface area contributed by atoms with E-state index < -0.39 is 17.3 Å². The molecule has 0 bridgehead atoms. The lowest BCUT2D eigenvalue weighted by atomic mass is 9.97. The zero-order valence-corrected chi connectivity index (χ0v) is 27.5. The molecule has 7 heteroatoms. The number of alkyl carbamates (subject to hydrolysis) is 2. The van der Waals surface area contributed by atoms with Crippen LogP contribution in [0.1, 0.15) is 107 Å². The topological polar surface area (TPSA) is 85.9 Å². The molecular formula is C34H56N2O5. The molecule has 2 rings (SSSR count). The first kappa shape index (κ1) is 37.8. The molecule has 0 heterocycles.